The van der Waals surface area contributed by atoms with Gasteiger partial charge in [0, 0.05) is 30.7 Å². The number of amides is 1. The predicted octanol–water partition coefficient (Wildman–Crippen LogP) is 5.59. The summed E-state index contributed by atoms with van der Waals surface area (Å²) >= 11 is 6.27. The molecule has 0 aliphatic carbocycles. The average Bonchev–Trinajstić information content (AvgIpc) is 3.43. The topological polar surface area (TPSA) is 63.3 Å². The number of benzene rings is 2. The second-order valence-electron chi connectivity index (χ2n) is 9.04. The number of piperidine rings is 1. The molecule has 1 unspecified atom stereocenters. The Morgan fingerprint density at radius 2 is 1.91 bits per heavy atom. The van der Waals surface area contributed by atoms with E-state index in [0.717, 1.165) is 55.1 Å². The minimum atomic E-state index is -0.138. The van der Waals surface area contributed by atoms with Gasteiger partial charge in [-0.1, -0.05) is 41.9 Å². The van der Waals surface area contributed by atoms with Gasteiger partial charge in [-0.05, 0) is 62.6 Å². The molecule has 6 nitrogen and oxygen atoms in total. The summed E-state index contributed by atoms with van der Waals surface area (Å²) in [6, 6.07) is 20.2. The van der Waals surface area contributed by atoms with Crippen molar-refractivity contribution in [1.82, 2.24) is 19.8 Å². The lowest BCUT2D eigenvalue weighted by Gasteiger charge is -2.36. The largest absolute Gasteiger partial charge is 0.456 e. The molecule has 1 saturated heterocycles. The number of rotatable bonds is 6. The highest BCUT2D eigenvalue weighted by Crippen LogP contribution is 2.29. The van der Waals surface area contributed by atoms with Crippen molar-refractivity contribution in [1.29, 1.82) is 0 Å². The number of hydrogen-bond donors (Lipinski definition) is 1. The van der Waals surface area contributed by atoms with E-state index in [0.29, 0.717) is 10.8 Å². The summed E-state index contributed by atoms with van der Waals surface area (Å²) in [5.41, 5.74) is 3.24. The van der Waals surface area contributed by atoms with Crippen molar-refractivity contribution in [3.05, 3.63) is 88.6 Å². The van der Waals surface area contributed by atoms with E-state index in [-0.39, 0.29) is 18.0 Å². The van der Waals surface area contributed by atoms with Gasteiger partial charge in [-0.2, -0.15) is 0 Å². The normalized spacial score (nSPS) is 16.1. The molecule has 34 heavy (non-hydrogen) atoms. The third-order valence-corrected chi connectivity index (χ3v) is 6.91. The lowest BCUT2D eigenvalue weighted by atomic mass is 10.0. The van der Waals surface area contributed by atoms with E-state index in [1.165, 1.54) is 5.56 Å². The van der Waals surface area contributed by atoms with Crippen LogP contribution in [0, 0.1) is 6.92 Å². The Labute approximate surface area is 204 Å². The quantitative estimate of drug-likeness (QED) is 0.393. The molecule has 0 spiro atoms. The Kier molecular flexibility index (Phi) is 6.44. The Balaban J connectivity index is 1.32. The molecule has 0 bridgehead atoms. The molecule has 4 aromatic rings. The van der Waals surface area contributed by atoms with Crippen molar-refractivity contribution in [2.24, 2.45) is 0 Å². The zero-order valence-electron chi connectivity index (χ0n) is 19.5. The van der Waals surface area contributed by atoms with Crippen LogP contribution in [0.15, 0.2) is 65.1 Å². The Bertz CT molecular complexity index is 1290. The highest BCUT2D eigenvalue weighted by molar-refractivity contribution is 6.31. The van der Waals surface area contributed by atoms with Gasteiger partial charge in [0.15, 0.2) is 5.76 Å². The van der Waals surface area contributed by atoms with Gasteiger partial charge in [0.2, 0.25) is 0 Å². The number of furan rings is 1. The van der Waals surface area contributed by atoms with Crippen molar-refractivity contribution < 1.29 is 9.21 Å². The van der Waals surface area contributed by atoms with Gasteiger partial charge < -0.3 is 14.3 Å². The number of fused-ring (bicyclic) bond motifs is 1. The standard InChI is InChI=1S/C27H29ClN4O2/c1-18-8-11-25(34-18)27(33)29-22-12-14-31(15-13-22)19(2)26-30-23-16-21(28)9-10-24(23)32(26)17-20-6-4-3-5-7-20/h3-11,16,19,22H,12-15,17H2,1-2H3,(H,29,33). The number of hydrogen-bond acceptors (Lipinski definition) is 4. The van der Waals surface area contributed by atoms with E-state index in [1.807, 2.05) is 31.2 Å². The van der Waals surface area contributed by atoms with Crippen LogP contribution in [0.4, 0.5) is 0 Å². The van der Waals surface area contributed by atoms with Crippen molar-refractivity contribution in [3.63, 3.8) is 0 Å². The van der Waals surface area contributed by atoms with Crippen molar-refractivity contribution in [2.45, 2.75) is 45.3 Å². The minimum absolute atomic E-state index is 0.138. The molecule has 3 heterocycles. The van der Waals surface area contributed by atoms with E-state index in [4.69, 9.17) is 21.0 Å². The molecule has 1 amide bonds. The first kappa shape index (κ1) is 22.7. The van der Waals surface area contributed by atoms with Crippen LogP contribution in [0.2, 0.25) is 5.02 Å². The number of likely N-dealkylation sites (tertiary alicyclic amines) is 1. The SMILES string of the molecule is Cc1ccc(C(=O)NC2CCN(C(C)c3nc4cc(Cl)ccc4n3Cc3ccccc3)CC2)o1. The Hall–Kier alpha value is -3.09. The Morgan fingerprint density at radius 1 is 1.15 bits per heavy atom. The van der Waals surface area contributed by atoms with Gasteiger partial charge >= 0.3 is 0 Å². The van der Waals surface area contributed by atoms with Gasteiger partial charge in [0.05, 0.1) is 17.1 Å². The zero-order valence-corrected chi connectivity index (χ0v) is 20.3. The van der Waals surface area contributed by atoms with Crippen LogP contribution in [0.1, 0.15) is 53.5 Å². The molecular weight excluding hydrogens is 448 g/mol. The minimum Gasteiger partial charge on any atom is -0.456 e. The smallest absolute Gasteiger partial charge is 0.287 e. The number of halogens is 1. The molecule has 2 aromatic carbocycles. The molecule has 0 radical (unpaired) electrons. The van der Waals surface area contributed by atoms with Crippen LogP contribution < -0.4 is 5.32 Å². The first-order chi connectivity index (χ1) is 16.5. The number of nitrogens with one attached hydrogen (secondary N) is 1. The molecule has 1 aliphatic rings. The molecule has 7 heteroatoms. The molecule has 1 N–H and O–H groups in total. The molecular formula is C27H29ClN4O2. The van der Waals surface area contributed by atoms with Crippen molar-refractivity contribution >= 4 is 28.5 Å². The molecule has 1 atom stereocenters. The van der Waals surface area contributed by atoms with Crippen LogP contribution >= 0.6 is 11.6 Å². The second kappa shape index (κ2) is 9.65. The van der Waals surface area contributed by atoms with Gasteiger partial charge in [-0.15, -0.1) is 0 Å². The predicted molar refractivity (Wildman–Crippen MR) is 134 cm³/mol. The number of imidazole rings is 1. The number of aromatic nitrogens is 2. The molecule has 1 aliphatic heterocycles. The van der Waals surface area contributed by atoms with E-state index in [2.05, 4.69) is 52.0 Å². The number of nitrogens with zero attached hydrogens (tertiary/aromatic N) is 3. The maximum Gasteiger partial charge on any atom is 0.287 e. The van der Waals surface area contributed by atoms with Crippen LogP contribution in [-0.4, -0.2) is 39.5 Å². The maximum atomic E-state index is 12.5. The van der Waals surface area contributed by atoms with Gasteiger partial charge in [-0.25, -0.2) is 4.98 Å². The monoisotopic (exact) mass is 476 g/mol. The van der Waals surface area contributed by atoms with E-state index in [1.54, 1.807) is 6.07 Å². The van der Waals surface area contributed by atoms with E-state index >= 15 is 0 Å². The highest BCUT2D eigenvalue weighted by Gasteiger charge is 2.28. The summed E-state index contributed by atoms with van der Waals surface area (Å²) in [5.74, 6) is 2.02. The summed E-state index contributed by atoms with van der Waals surface area (Å²) < 4.78 is 7.76. The number of carbonyl (C=O) groups excluding carboxylic acids is 1. The lowest BCUT2D eigenvalue weighted by molar-refractivity contribution is 0.0864. The number of carbonyl (C=O) groups is 1. The Morgan fingerprint density at radius 3 is 2.62 bits per heavy atom. The van der Waals surface area contributed by atoms with Crippen LogP contribution in [-0.2, 0) is 6.54 Å². The summed E-state index contributed by atoms with van der Waals surface area (Å²) in [4.78, 5) is 19.9. The first-order valence-corrected chi connectivity index (χ1v) is 12.2. The fourth-order valence-corrected chi connectivity index (χ4v) is 4.95. The van der Waals surface area contributed by atoms with Crippen LogP contribution in [0.25, 0.3) is 11.0 Å². The molecule has 176 valence electrons. The third-order valence-electron chi connectivity index (χ3n) is 6.67. The van der Waals surface area contributed by atoms with Crippen molar-refractivity contribution in [3.8, 4) is 0 Å². The summed E-state index contributed by atoms with van der Waals surface area (Å²) in [5, 5.41) is 3.82. The average molecular weight is 477 g/mol. The van der Waals surface area contributed by atoms with Gasteiger partial charge in [0.1, 0.15) is 11.6 Å². The second-order valence-corrected chi connectivity index (χ2v) is 9.48. The summed E-state index contributed by atoms with van der Waals surface area (Å²) in [6.45, 7) is 6.59. The van der Waals surface area contributed by atoms with Crippen molar-refractivity contribution in [2.75, 3.05) is 13.1 Å². The summed E-state index contributed by atoms with van der Waals surface area (Å²) in [7, 11) is 0. The number of aryl methyl sites for hydroxylation is 1. The van der Waals surface area contributed by atoms with E-state index in [9.17, 15) is 4.79 Å². The summed E-state index contributed by atoms with van der Waals surface area (Å²) in [6.07, 6.45) is 1.78. The molecule has 1 fully saturated rings. The maximum absolute atomic E-state index is 12.5. The van der Waals surface area contributed by atoms with Crippen LogP contribution in [0.5, 0.6) is 0 Å². The molecule has 5 rings (SSSR count). The highest BCUT2D eigenvalue weighted by atomic mass is 35.5. The molecule has 0 saturated carbocycles. The third kappa shape index (κ3) is 4.74. The van der Waals surface area contributed by atoms with Gasteiger partial charge in [-0.3, -0.25) is 9.69 Å². The fourth-order valence-electron chi connectivity index (χ4n) is 4.78. The molecule has 2 aromatic heterocycles. The fraction of sp³-hybridized carbons (Fsp3) is 0.333. The van der Waals surface area contributed by atoms with E-state index < -0.39 is 0 Å². The van der Waals surface area contributed by atoms with Crippen LogP contribution in [0.3, 0.4) is 0 Å². The van der Waals surface area contributed by atoms with Gasteiger partial charge in [0.25, 0.3) is 5.91 Å². The zero-order chi connectivity index (χ0) is 23.7. The first-order valence-electron chi connectivity index (χ1n) is 11.8. The lowest BCUT2D eigenvalue weighted by Crippen LogP contribution is -2.45.